The van der Waals surface area contributed by atoms with Gasteiger partial charge in [0.25, 0.3) is 0 Å². The van der Waals surface area contributed by atoms with Crippen molar-refractivity contribution in [2.75, 3.05) is 13.0 Å². The lowest BCUT2D eigenvalue weighted by Gasteiger charge is -2.25. The molecule has 0 aliphatic heterocycles. The maximum atomic E-state index is 12.5. The molecule has 0 heterocycles. The van der Waals surface area contributed by atoms with Crippen molar-refractivity contribution in [1.29, 1.82) is 0 Å². The molecule has 0 aliphatic carbocycles. The van der Waals surface area contributed by atoms with Crippen LogP contribution in [0, 0.1) is 5.92 Å². The Hall–Kier alpha value is 0.0700. The van der Waals surface area contributed by atoms with Crippen LogP contribution in [0.3, 0.4) is 0 Å². The molecule has 0 saturated heterocycles. The van der Waals surface area contributed by atoms with Crippen molar-refractivity contribution in [3.63, 3.8) is 0 Å². The SMILES string of the molecule is CC(C)C[C@@H](CO)OCP(=O)(OC(C)C)OC(C)C. The van der Waals surface area contributed by atoms with Crippen molar-refractivity contribution >= 4 is 7.60 Å². The number of ether oxygens (including phenoxy) is 1. The van der Waals surface area contributed by atoms with Crippen LogP contribution in [-0.2, 0) is 18.3 Å². The van der Waals surface area contributed by atoms with Gasteiger partial charge in [-0.2, -0.15) is 0 Å². The Morgan fingerprint density at radius 3 is 1.79 bits per heavy atom. The molecule has 1 atom stereocenters. The van der Waals surface area contributed by atoms with Crippen molar-refractivity contribution in [1.82, 2.24) is 0 Å². The third-order valence-electron chi connectivity index (χ3n) is 2.15. The Bertz CT molecular complexity index is 264. The number of hydrogen-bond acceptors (Lipinski definition) is 5. The predicted molar refractivity (Wildman–Crippen MR) is 76.3 cm³/mol. The smallest absolute Gasteiger partial charge is 0.356 e. The molecule has 0 fully saturated rings. The lowest BCUT2D eigenvalue weighted by molar-refractivity contribution is 0.00897. The van der Waals surface area contributed by atoms with E-state index in [9.17, 15) is 9.67 Å². The van der Waals surface area contributed by atoms with Gasteiger partial charge in [-0.15, -0.1) is 0 Å². The molecule has 0 rings (SSSR count). The summed E-state index contributed by atoms with van der Waals surface area (Å²) in [7, 11) is -3.28. The fraction of sp³-hybridized carbons (Fsp3) is 1.00. The van der Waals surface area contributed by atoms with Gasteiger partial charge in [-0.05, 0) is 40.0 Å². The topological polar surface area (TPSA) is 65.0 Å². The van der Waals surface area contributed by atoms with E-state index in [1.165, 1.54) is 0 Å². The van der Waals surface area contributed by atoms with E-state index in [2.05, 4.69) is 0 Å². The largest absolute Gasteiger partial charge is 0.394 e. The van der Waals surface area contributed by atoms with Gasteiger partial charge in [0, 0.05) is 0 Å². The summed E-state index contributed by atoms with van der Waals surface area (Å²) in [5, 5.41) is 9.24. The van der Waals surface area contributed by atoms with Gasteiger partial charge in [-0.3, -0.25) is 4.57 Å². The van der Waals surface area contributed by atoms with E-state index in [-0.39, 0.29) is 31.3 Å². The Kier molecular flexibility index (Phi) is 9.12. The molecule has 0 radical (unpaired) electrons. The zero-order valence-electron chi connectivity index (χ0n) is 13.0. The number of aliphatic hydroxyl groups is 1. The highest BCUT2D eigenvalue weighted by Crippen LogP contribution is 2.50. The molecular formula is C13H29O5P. The molecule has 0 aromatic rings. The summed E-state index contributed by atoms with van der Waals surface area (Å²) >= 11 is 0. The first-order valence-corrected chi connectivity index (χ1v) is 8.59. The van der Waals surface area contributed by atoms with Gasteiger partial charge in [-0.25, -0.2) is 0 Å². The molecule has 5 nitrogen and oxygen atoms in total. The summed E-state index contributed by atoms with van der Waals surface area (Å²) in [6.45, 7) is 11.2. The zero-order chi connectivity index (χ0) is 15.1. The fourth-order valence-corrected chi connectivity index (χ4v) is 3.50. The standard InChI is InChI=1S/C13H29O5P/c1-10(2)7-13(8-14)16-9-19(15,17-11(3)4)18-12(5)6/h10-14H,7-9H2,1-6H3/t13-/m0/s1. The zero-order valence-corrected chi connectivity index (χ0v) is 13.9. The summed E-state index contributed by atoms with van der Waals surface area (Å²) in [6, 6.07) is 0. The highest BCUT2D eigenvalue weighted by atomic mass is 31.2. The third-order valence-corrected chi connectivity index (χ3v) is 4.10. The van der Waals surface area contributed by atoms with E-state index in [0.29, 0.717) is 12.3 Å². The Labute approximate surface area is 117 Å². The number of aliphatic hydroxyl groups excluding tert-OH is 1. The average molecular weight is 296 g/mol. The molecule has 0 aliphatic rings. The van der Waals surface area contributed by atoms with Crippen LogP contribution < -0.4 is 0 Å². The maximum absolute atomic E-state index is 12.5. The van der Waals surface area contributed by atoms with Crippen LogP contribution in [0.4, 0.5) is 0 Å². The monoisotopic (exact) mass is 296 g/mol. The Morgan fingerprint density at radius 2 is 1.47 bits per heavy atom. The molecule has 0 amide bonds. The van der Waals surface area contributed by atoms with E-state index in [1.54, 1.807) is 27.7 Å². The second-order valence-corrected chi connectivity index (χ2v) is 7.55. The first-order chi connectivity index (χ1) is 8.68. The molecule has 0 aromatic heterocycles. The molecule has 0 bridgehead atoms. The van der Waals surface area contributed by atoms with Crippen molar-refractivity contribution in [3.8, 4) is 0 Å². The second kappa shape index (κ2) is 9.09. The minimum Gasteiger partial charge on any atom is -0.394 e. The lowest BCUT2D eigenvalue weighted by Crippen LogP contribution is -2.22. The third kappa shape index (κ3) is 9.58. The predicted octanol–water partition coefficient (Wildman–Crippen LogP) is 3.41. The van der Waals surface area contributed by atoms with Crippen LogP contribution in [0.1, 0.15) is 48.0 Å². The van der Waals surface area contributed by atoms with Gasteiger partial charge in [0.2, 0.25) is 0 Å². The van der Waals surface area contributed by atoms with Gasteiger partial charge in [0.15, 0.2) is 0 Å². The van der Waals surface area contributed by atoms with Crippen LogP contribution in [-0.4, -0.2) is 36.4 Å². The number of hydrogen-bond donors (Lipinski definition) is 1. The van der Waals surface area contributed by atoms with E-state index >= 15 is 0 Å². The normalized spacial score (nSPS) is 14.6. The highest BCUT2D eigenvalue weighted by Gasteiger charge is 2.29. The summed E-state index contributed by atoms with van der Waals surface area (Å²) in [5.41, 5.74) is 0. The Balaban J connectivity index is 4.51. The Morgan fingerprint density at radius 1 is 1.00 bits per heavy atom. The average Bonchev–Trinajstić information content (AvgIpc) is 2.21. The van der Waals surface area contributed by atoms with Crippen LogP contribution >= 0.6 is 7.60 Å². The van der Waals surface area contributed by atoms with Crippen LogP contribution in [0.5, 0.6) is 0 Å². The molecule has 19 heavy (non-hydrogen) atoms. The summed E-state index contributed by atoms with van der Waals surface area (Å²) in [4.78, 5) is 0. The first-order valence-electron chi connectivity index (χ1n) is 6.86. The van der Waals surface area contributed by atoms with Crippen molar-refractivity contribution in [2.45, 2.75) is 66.3 Å². The summed E-state index contributed by atoms with van der Waals surface area (Å²) < 4.78 is 28.7. The second-order valence-electron chi connectivity index (χ2n) is 5.65. The van der Waals surface area contributed by atoms with Crippen molar-refractivity contribution in [3.05, 3.63) is 0 Å². The maximum Gasteiger partial charge on any atom is 0.356 e. The minimum absolute atomic E-state index is 0.0957. The van der Waals surface area contributed by atoms with E-state index < -0.39 is 7.60 Å². The lowest BCUT2D eigenvalue weighted by atomic mass is 10.1. The molecule has 0 spiro atoms. The van der Waals surface area contributed by atoms with Gasteiger partial charge >= 0.3 is 7.60 Å². The quantitative estimate of drug-likeness (QED) is 0.626. The van der Waals surface area contributed by atoms with Gasteiger partial charge in [-0.1, -0.05) is 13.8 Å². The minimum atomic E-state index is -3.28. The van der Waals surface area contributed by atoms with Crippen molar-refractivity contribution < 1.29 is 23.5 Å². The molecule has 116 valence electrons. The molecule has 0 unspecified atom stereocenters. The molecule has 1 N–H and O–H groups in total. The first kappa shape index (κ1) is 19.1. The van der Waals surface area contributed by atoms with Gasteiger partial charge in [0.05, 0.1) is 24.9 Å². The summed E-state index contributed by atoms with van der Waals surface area (Å²) in [6.07, 6.45) is -0.155. The highest BCUT2D eigenvalue weighted by molar-refractivity contribution is 7.53. The van der Waals surface area contributed by atoms with Crippen LogP contribution in [0.15, 0.2) is 0 Å². The number of rotatable bonds is 10. The van der Waals surface area contributed by atoms with E-state index in [4.69, 9.17) is 13.8 Å². The van der Waals surface area contributed by atoms with Gasteiger partial charge < -0.3 is 18.9 Å². The molecule has 0 saturated carbocycles. The van der Waals surface area contributed by atoms with Crippen molar-refractivity contribution in [2.24, 2.45) is 5.92 Å². The van der Waals surface area contributed by atoms with Crippen LogP contribution in [0.2, 0.25) is 0 Å². The van der Waals surface area contributed by atoms with E-state index in [0.717, 1.165) is 0 Å². The van der Waals surface area contributed by atoms with Crippen LogP contribution in [0.25, 0.3) is 0 Å². The fourth-order valence-electron chi connectivity index (χ4n) is 1.65. The molecular weight excluding hydrogens is 267 g/mol. The molecule has 0 aromatic carbocycles. The van der Waals surface area contributed by atoms with E-state index in [1.807, 2.05) is 13.8 Å². The summed E-state index contributed by atoms with van der Waals surface area (Å²) in [5.74, 6) is 0.397. The molecule has 6 heteroatoms. The van der Waals surface area contributed by atoms with Gasteiger partial charge in [0.1, 0.15) is 6.35 Å².